The van der Waals surface area contributed by atoms with Gasteiger partial charge in [0.25, 0.3) is 0 Å². The van der Waals surface area contributed by atoms with Crippen molar-refractivity contribution in [3.8, 4) is 0 Å². The molecule has 2 rings (SSSR count). The molecule has 80 valence electrons. The third-order valence-corrected chi connectivity index (χ3v) is 2.26. The van der Waals surface area contributed by atoms with Crippen LogP contribution in [0.15, 0.2) is 43.0 Å². The van der Waals surface area contributed by atoms with Crippen molar-refractivity contribution < 1.29 is 9.59 Å². The lowest BCUT2D eigenvalue weighted by Crippen LogP contribution is -2.03. The summed E-state index contributed by atoms with van der Waals surface area (Å²) in [5, 5.41) is 0. The molecule has 0 unspecified atom stereocenters. The quantitative estimate of drug-likeness (QED) is 0.716. The fraction of sp³-hybridized carbons (Fsp3) is 0.0833. The van der Waals surface area contributed by atoms with E-state index >= 15 is 0 Å². The van der Waals surface area contributed by atoms with Crippen LogP contribution in [-0.2, 0) is 0 Å². The largest absolute Gasteiger partial charge is 0.294 e. The zero-order valence-corrected chi connectivity index (χ0v) is 8.75. The first-order valence-electron chi connectivity index (χ1n) is 4.82. The van der Waals surface area contributed by atoms with Crippen LogP contribution in [0.2, 0.25) is 0 Å². The van der Waals surface area contributed by atoms with Gasteiger partial charge in [0.2, 0.25) is 5.91 Å². The van der Waals surface area contributed by atoms with Crippen molar-refractivity contribution in [2.24, 2.45) is 0 Å². The molecule has 0 fully saturated rings. The van der Waals surface area contributed by atoms with Gasteiger partial charge in [-0.3, -0.25) is 19.1 Å². The van der Waals surface area contributed by atoms with E-state index in [9.17, 15) is 9.59 Å². The second-order valence-corrected chi connectivity index (χ2v) is 3.39. The van der Waals surface area contributed by atoms with Crippen molar-refractivity contribution in [1.82, 2.24) is 9.55 Å². The van der Waals surface area contributed by atoms with E-state index in [1.165, 1.54) is 17.7 Å². The maximum atomic E-state index is 11.9. The number of nitrogens with zero attached hydrogens (tertiary/aromatic N) is 2. The first-order valence-corrected chi connectivity index (χ1v) is 4.82. The van der Waals surface area contributed by atoms with Crippen LogP contribution in [0.4, 0.5) is 0 Å². The molecule has 4 heteroatoms. The molecule has 0 saturated heterocycles. The molecule has 16 heavy (non-hydrogen) atoms. The summed E-state index contributed by atoms with van der Waals surface area (Å²) in [6.45, 7) is 1.45. The summed E-state index contributed by atoms with van der Waals surface area (Å²) in [5.74, 6) is -0.226. The highest BCUT2D eigenvalue weighted by atomic mass is 16.1. The Balaban J connectivity index is 2.31. The molecule has 0 atom stereocenters. The van der Waals surface area contributed by atoms with Gasteiger partial charge in [0.15, 0.2) is 5.78 Å². The maximum absolute atomic E-state index is 11.9. The summed E-state index contributed by atoms with van der Waals surface area (Å²) < 4.78 is 1.38. The minimum atomic E-state index is -0.117. The number of hydrogen-bond donors (Lipinski definition) is 0. The van der Waals surface area contributed by atoms with Crippen molar-refractivity contribution >= 4 is 11.7 Å². The number of ketones is 1. The Hall–Kier alpha value is -2.23. The van der Waals surface area contributed by atoms with Gasteiger partial charge in [-0.15, -0.1) is 0 Å². The smallest absolute Gasteiger partial charge is 0.227 e. The van der Waals surface area contributed by atoms with Gasteiger partial charge >= 0.3 is 0 Å². The van der Waals surface area contributed by atoms with Crippen LogP contribution in [0.1, 0.15) is 27.6 Å². The molecule has 0 amide bonds. The van der Waals surface area contributed by atoms with E-state index < -0.39 is 0 Å². The van der Waals surface area contributed by atoms with Gasteiger partial charge in [0.1, 0.15) is 0 Å². The van der Waals surface area contributed by atoms with Crippen molar-refractivity contribution in [1.29, 1.82) is 0 Å². The summed E-state index contributed by atoms with van der Waals surface area (Å²) in [6.07, 6.45) is 6.24. The first-order chi connectivity index (χ1) is 7.68. The van der Waals surface area contributed by atoms with E-state index in [1.807, 2.05) is 0 Å². The monoisotopic (exact) mass is 214 g/mol. The number of carbonyl (C=O) groups is 2. The van der Waals surface area contributed by atoms with Crippen LogP contribution >= 0.6 is 0 Å². The number of carbonyl (C=O) groups excluding carboxylic acids is 2. The van der Waals surface area contributed by atoms with Gasteiger partial charge in [-0.25, -0.2) is 0 Å². The standard InChI is InChI=1S/C12H10N2O2/c1-9(15)14-7-4-11(8-14)12(16)10-2-5-13-6-3-10/h2-8H,1H3. The van der Waals surface area contributed by atoms with Crippen LogP contribution < -0.4 is 0 Å². The molecule has 4 nitrogen and oxygen atoms in total. The van der Waals surface area contributed by atoms with Crippen molar-refractivity contribution in [2.45, 2.75) is 6.92 Å². The molecule has 0 saturated carbocycles. The van der Waals surface area contributed by atoms with Crippen LogP contribution in [0.3, 0.4) is 0 Å². The van der Waals surface area contributed by atoms with E-state index in [0.717, 1.165) is 0 Å². The molecule has 2 aromatic heterocycles. The molecule has 0 aliphatic rings. The predicted octanol–water partition coefficient (Wildman–Crippen LogP) is 1.77. The summed E-state index contributed by atoms with van der Waals surface area (Å²) in [7, 11) is 0. The minimum absolute atomic E-state index is 0.109. The molecule has 0 aliphatic heterocycles. The van der Waals surface area contributed by atoms with Gasteiger partial charge in [0, 0.05) is 42.8 Å². The second kappa shape index (κ2) is 4.10. The maximum Gasteiger partial charge on any atom is 0.227 e. The second-order valence-electron chi connectivity index (χ2n) is 3.39. The number of rotatable bonds is 2. The Morgan fingerprint density at radius 3 is 2.38 bits per heavy atom. The van der Waals surface area contributed by atoms with Gasteiger partial charge in [-0.1, -0.05) is 0 Å². The van der Waals surface area contributed by atoms with Crippen LogP contribution in [0, 0.1) is 0 Å². The third kappa shape index (κ3) is 1.91. The zero-order valence-electron chi connectivity index (χ0n) is 8.75. The van der Waals surface area contributed by atoms with Gasteiger partial charge < -0.3 is 0 Å². The summed E-state index contributed by atoms with van der Waals surface area (Å²) in [4.78, 5) is 26.8. The van der Waals surface area contributed by atoms with Gasteiger partial charge in [0.05, 0.1) is 0 Å². The number of hydrogen-bond acceptors (Lipinski definition) is 3. The molecule has 0 aromatic carbocycles. The Morgan fingerprint density at radius 2 is 1.81 bits per heavy atom. The molecule has 0 radical (unpaired) electrons. The molecule has 0 N–H and O–H groups in total. The highest BCUT2D eigenvalue weighted by Gasteiger charge is 2.10. The lowest BCUT2D eigenvalue weighted by atomic mass is 10.1. The van der Waals surface area contributed by atoms with Crippen molar-refractivity contribution in [2.75, 3.05) is 0 Å². The van der Waals surface area contributed by atoms with Gasteiger partial charge in [-0.2, -0.15) is 0 Å². The Morgan fingerprint density at radius 1 is 1.12 bits per heavy atom. The van der Waals surface area contributed by atoms with E-state index in [4.69, 9.17) is 0 Å². The minimum Gasteiger partial charge on any atom is -0.294 e. The Kier molecular flexibility index (Phi) is 2.64. The fourth-order valence-electron chi connectivity index (χ4n) is 1.40. The van der Waals surface area contributed by atoms with Crippen molar-refractivity contribution in [3.63, 3.8) is 0 Å². The molecule has 0 aliphatic carbocycles. The molecular formula is C12H10N2O2. The molecule has 0 spiro atoms. The van der Waals surface area contributed by atoms with Gasteiger partial charge in [-0.05, 0) is 18.2 Å². The average Bonchev–Trinajstić information content (AvgIpc) is 2.78. The third-order valence-electron chi connectivity index (χ3n) is 2.26. The van der Waals surface area contributed by atoms with Crippen LogP contribution in [-0.4, -0.2) is 21.2 Å². The molecule has 0 bridgehead atoms. The Labute approximate surface area is 92.5 Å². The van der Waals surface area contributed by atoms with E-state index in [1.54, 1.807) is 36.8 Å². The van der Waals surface area contributed by atoms with E-state index in [2.05, 4.69) is 4.98 Å². The molecular weight excluding hydrogens is 204 g/mol. The first kappa shape index (κ1) is 10.3. The highest BCUT2D eigenvalue weighted by molar-refractivity contribution is 6.09. The van der Waals surface area contributed by atoms with Crippen LogP contribution in [0.5, 0.6) is 0 Å². The topological polar surface area (TPSA) is 52.0 Å². The fourth-order valence-corrected chi connectivity index (χ4v) is 1.40. The van der Waals surface area contributed by atoms with E-state index in [0.29, 0.717) is 11.1 Å². The number of pyridine rings is 1. The van der Waals surface area contributed by atoms with Crippen molar-refractivity contribution in [3.05, 3.63) is 54.1 Å². The average molecular weight is 214 g/mol. The lowest BCUT2D eigenvalue weighted by molar-refractivity contribution is 0.0937. The normalized spacial score (nSPS) is 10.1. The van der Waals surface area contributed by atoms with Crippen LogP contribution in [0.25, 0.3) is 0 Å². The molecule has 2 aromatic rings. The summed E-state index contributed by atoms with van der Waals surface area (Å²) >= 11 is 0. The SMILES string of the molecule is CC(=O)n1ccc(C(=O)c2ccncc2)c1. The zero-order chi connectivity index (χ0) is 11.5. The van der Waals surface area contributed by atoms with E-state index in [-0.39, 0.29) is 11.7 Å². The predicted molar refractivity (Wildman–Crippen MR) is 58.4 cm³/mol. The Bertz CT molecular complexity index is 529. The summed E-state index contributed by atoms with van der Waals surface area (Å²) in [6, 6.07) is 4.92. The lowest BCUT2D eigenvalue weighted by Gasteiger charge is -1.96. The highest BCUT2D eigenvalue weighted by Crippen LogP contribution is 2.09. The summed E-state index contributed by atoms with van der Waals surface area (Å²) in [5.41, 5.74) is 1.07. The number of aromatic nitrogens is 2. The molecule has 2 heterocycles.